The van der Waals surface area contributed by atoms with E-state index in [1.165, 1.54) is 0 Å². The highest BCUT2D eigenvalue weighted by atomic mass is 35.5. The number of nitrogens with two attached hydrogens (primary N) is 1. The number of aliphatic carboxylic acids is 1. The highest BCUT2D eigenvalue weighted by molar-refractivity contribution is 6.17. The fourth-order valence-electron chi connectivity index (χ4n) is 1.16. The van der Waals surface area contributed by atoms with Gasteiger partial charge in [0, 0.05) is 0 Å². The topological polar surface area (TPSA) is 81.8 Å². The molecule has 0 aliphatic carbocycles. The minimum atomic E-state index is -1.02. The Labute approximate surface area is 104 Å². The third kappa shape index (κ3) is 5.04. The number of benzene rings is 1. The Kier molecular flexibility index (Phi) is 5.76. The van der Waals surface area contributed by atoms with Crippen molar-refractivity contribution in [3.8, 4) is 5.75 Å². The standard InChI is InChI=1S/C11H14ClNO4/c12-5-6-16-17-9-3-1-8(2-4-9)7-10(13)11(14)15/h1-4,10H,5-7,13H2,(H,14,15)/t10-/m0/s1. The van der Waals surface area contributed by atoms with Crippen LogP contribution in [0.1, 0.15) is 5.56 Å². The first kappa shape index (κ1) is 13.8. The molecule has 0 spiro atoms. The average molecular weight is 260 g/mol. The molecule has 0 aromatic heterocycles. The van der Waals surface area contributed by atoms with Gasteiger partial charge in [-0.15, -0.1) is 11.6 Å². The van der Waals surface area contributed by atoms with Crippen LogP contribution >= 0.6 is 11.6 Å². The first-order valence-electron chi connectivity index (χ1n) is 5.06. The predicted molar refractivity (Wildman–Crippen MR) is 63.1 cm³/mol. The minimum Gasteiger partial charge on any atom is -0.480 e. The zero-order valence-corrected chi connectivity index (χ0v) is 9.89. The summed E-state index contributed by atoms with van der Waals surface area (Å²) in [6.45, 7) is 0.299. The summed E-state index contributed by atoms with van der Waals surface area (Å²) in [5.41, 5.74) is 6.24. The van der Waals surface area contributed by atoms with E-state index in [0.717, 1.165) is 5.56 Å². The lowest BCUT2D eigenvalue weighted by atomic mass is 10.1. The second-order valence-electron chi connectivity index (χ2n) is 3.39. The molecular formula is C11H14ClNO4. The Morgan fingerprint density at radius 2 is 2.06 bits per heavy atom. The van der Waals surface area contributed by atoms with Crippen LogP contribution in [-0.4, -0.2) is 29.6 Å². The van der Waals surface area contributed by atoms with Crippen LogP contribution in [-0.2, 0) is 16.1 Å². The van der Waals surface area contributed by atoms with Crippen LogP contribution in [0.5, 0.6) is 5.75 Å². The van der Waals surface area contributed by atoms with E-state index in [1.54, 1.807) is 24.3 Å². The molecule has 94 valence electrons. The Morgan fingerprint density at radius 1 is 1.41 bits per heavy atom. The van der Waals surface area contributed by atoms with Crippen molar-refractivity contribution in [2.24, 2.45) is 5.73 Å². The van der Waals surface area contributed by atoms with E-state index in [1.807, 2.05) is 0 Å². The Bertz CT molecular complexity index is 355. The Morgan fingerprint density at radius 3 is 2.59 bits per heavy atom. The van der Waals surface area contributed by atoms with Gasteiger partial charge in [0.05, 0.1) is 5.88 Å². The highest BCUT2D eigenvalue weighted by Crippen LogP contribution is 2.13. The summed E-state index contributed by atoms with van der Waals surface area (Å²) in [5.74, 6) is -0.135. The Hall–Kier alpha value is -1.30. The fraction of sp³-hybridized carbons (Fsp3) is 0.364. The van der Waals surface area contributed by atoms with Crippen molar-refractivity contribution in [3.63, 3.8) is 0 Å². The van der Waals surface area contributed by atoms with E-state index >= 15 is 0 Å². The van der Waals surface area contributed by atoms with Crippen LogP contribution in [0.15, 0.2) is 24.3 Å². The number of hydrogen-bond acceptors (Lipinski definition) is 4. The quantitative estimate of drug-likeness (QED) is 0.333. The van der Waals surface area contributed by atoms with Crippen molar-refractivity contribution in [3.05, 3.63) is 29.8 Å². The van der Waals surface area contributed by atoms with Crippen LogP contribution in [0.4, 0.5) is 0 Å². The molecule has 6 heteroatoms. The summed E-state index contributed by atoms with van der Waals surface area (Å²) in [6, 6.07) is 5.94. The summed E-state index contributed by atoms with van der Waals surface area (Å²) < 4.78 is 0. The molecule has 1 aromatic carbocycles. The molecule has 0 bridgehead atoms. The molecule has 1 aromatic rings. The maximum Gasteiger partial charge on any atom is 0.320 e. The number of carboxylic acids is 1. The summed E-state index contributed by atoms with van der Waals surface area (Å²) in [4.78, 5) is 20.3. The van der Waals surface area contributed by atoms with Crippen LogP contribution < -0.4 is 10.6 Å². The van der Waals surface area contributed by atoms with Crippen molar-refractivity contribution >= 4 is 17.6 Å². The van der Waals surface area contributed by atoms with Crippen molar-refractivity contribution in [1.82, 2.24) is 0 Å². The maximum atomic E-state index is 10.6. The number of alkyl halides is 1. The van der Waals surface area contributed by atoms with Crippen LogP contribution in [0.2, 0.25) is 0 Å². The number of halogens is 1. The van der Waals surface area contributed by atoms with Gasteiger partial charge in [-0.1, -0.05) is 12.1 Å². The van der Waals surface area contributed by atoms with Gasteiger partial charge in [0.2, 0.25) is 0 Å². The summed E-state index contributed by atoms with van der Waals surface area (Å²) in [6.07, 6.45) is 0.276. The fourth-order valence-corrected chi connectivity index (χ4v) is 1.23. The molecule has 1 atom stereocenters. The van der Waals surface area contributed by atoms with Crippen molar-refractivity contribution in [1.29, 1.82) is 0 Å². The smallest absolute Gasteiger partial charge is 0.320 e. The van der Waals surface area contributed by atoms with Gasteiger partial charge in [-0.2, -0.15) is 4.89 Å². The summed E-state index contributed by atoms with van der Waals surface area (Å²) in [5, 5.41) is 8.66. The molecule has 0 unspecified atom stereocenters. The van der Waals surface area contributed by atoms with Gasteiger partial charge in [0.25, 0.3) is 0 Å². The largest absolute Gasteiger partial charge is 0.480 e. The molecule has 1 rings (SSSR count). The second kappa shape index (κ2) is 7.11. The lowest BCUT2D eigenvalue weighted by Gasteiger charge is -2.07. The number of rotatable bonds is 7. The van der Waals surface area contributed by atoms with Crippen LogP contribution in [0.3, 0.4) is 0 Å². The normalized spacial score (nSPS) is 12.1. The lowest BCUT2D eigenvalue weighted by Crippen LogP contribution is -2.32. The van der Waals surface area contributed by atoms with Crippen molar-refractivity contribution in [2.75, 3.05) is 12.5 Å². The van der Waals surface area contributed by atoms with E-state index in [2.05, 4.69) is 0 Å². The van der Waals surface area contributed by atoms with Gasteiger partial charge in [-0.3, -0.25) is 4.79 Å². The number of hydrogen-bond donors (Lipinski definition) is 2. The van der Waals surface area contributed by atoms with Crippen molar-refractivity contribution in [2.45, 2.75) is 12.5 Å². The SMILES string of the molecule is N[C@@H](Cc1ccc(OOCCCl)cc1)C(=O)O. The monoisotopic (exact) mass is 259 g/mol. The molecular weight excluding hydrogens is 246 g/mol. The number of carboxylic acid groups (broad SMARTS) is 1. The third-order valence-corrected chi connectivity index (χ3v) is 2.17. The average Bonchev–Trinajstić information content (AvgIpc) is 2.31. The molecule has 0 heterocycles. The Balaban J connectivity index is 2.47. The van der Waals surface area contributed by atoms with E-state index in [-0.39, 0.29) is 6.42 Å². The highest BCUT2D eigenvalue weighted by Gasteiger charge is 2.11. The van der Waals surface area contributed by atoms with Crippen LogP contribution in [0, 0.1) is 0 Å². The van der Waals surface area contributed by atoms with Gasteiger partial charge in [-0.25, -0.2) is 0 Å². The van der Waals surface area contributed by atoms with Gasteiger partial charge < -0.3 is 15.7 Å². The minimum absolute atomic E-state index is 0.276. The zero-order chi connectivity index (χ0) is 12.7. The molecule has 0 radical (unpaired) electrons. The number of carbonyl (C=O) groups is 1. The van der Waals surface area contributed by atoms with E-state index in [0.29, 0.717) is 18.2 Å². The van der Waals surface area contributed by atoms with Gasteiger partial charge in [-0.05, 0) is 24.1 Å². The van der Waals surface area contributed by atoms with Crippen molar-refractivity contribution < 1.29 is 19.7 Å². The molecule has 0 fully saturated rings. The van der Waals surface area contributed by atoms with E-state index in [9.17, 15) is 4.79 Å². The molecule has 0 saturated carbocycles. The first-order chi connectivity index (χ1) is 8.13. The second-order valence-corrected chi connectivity index (χ2v) is 3.77. The molecule has 17 heavy (non-hydrogen) atoms. The zero-order valence-electron chi connectivity index (χ0n) is 9.14. The summed E-state index contributed by atoms with van der Waals surface area (Å²) >= 11 is 5.41. The van der Waals surface area contributed by atoms with Gasteiger partial charge >= 0.3 is 5.97 Å². The molecule has 0 saturated heterocycles. The van der Waals surface area contributed by atoms with E-state index in [4.69, 9.17) is 32.2 Å². The molecule has 0 aliphatic rings. The van der Waals surface area contributed by atoms with E-state index < -0.39 is 12.0 Å². The molecule has 0 aliphatic heterocycles. The third-order valence-electron chi connectivity index (χ3n) is 2.01. The lowest BCUT2D eigenvalue weighted by molar-refractivity contribution is -0.201. The van der Waals surface area contributed by atoms with Gasteiger partial charge in [0.15, 0.2) is 5.75 Å². The maximum absolute atomic E-state index is 10.6. The predicted octanol–water partition coefficient (Wildman–Crippen LogP) is 1.19. The van der Waals surface area contributed by atoms with Crippen LogP contribution in [0.25, 0.3) is 0 Å². The molecule has 5 nitrogen and oxygen atoms in total. The molecule has 3 N–H and O–H groups in total. The molecule has 0 amide bonds. The van der Waals surface area contributed by atoms with Gasteiger partial charge in [0.1, 0.15) is 12.6 Å². The summed E-state index contributed by atoms with van der Waals surface area (Å²) in [7, 11) is 0. The first-order valence-corrected chi connectivity index (χ1v) is 5.59.